The zero-order valence-electron chi connectivity index (χ0n) is 11.9. The molecule has 0 amide bonds. The first-order chi connectivity index (χ1) is 10.4. The highest BCUT2D eigenvalue weighted by Crippen LogP contribution is 2.17. The summed E-state index contributed by atoms with van der Waals surface area (Å²) in [5.74, 6) is 0. The van der Waals surface area contributed by atoms with Crippen molar-refractivity contribution in [3.8, 4) is 0 Å². The number of para-hydroxylation sites is 1. The molecule has 3 rings (SSSR count). The number of aliphatic hydroxyl groups is 1. The van der Waals surface area contributed by atoms with Gasteiger partial charge < -0.3 is 15.4 Å². The van der Waals surface area contributed by atoms with E-state index in [4.69, 9.17) is 0 Å². The number of aromatic nitrogens is 1. The normalized spacial score (nSPS) is 12.6. The van der Waals surface area contributed by atoms with E-state index in [1.54, 1.807) is 0 Å². The van der Waals surface area contributed by atoms with E-state index in [1.165, 1.54) is 16.5 Å². The van der Waals surface area contributed by atoms with Crippen molar-refractivity contribution >= 4 is 10.9 Å². The largest absolute Gasteiger partial charge is 0.395 e. The molecule has 0 saturated carbocycles. The molecule has 108 valence electrons. The van der Waals surface area contributed by atoms with Crippen LogP contribution in [0.15, 0.2) is 60.8 Å². The molecule has 1 heterocycles. The number of aromatic amines is 1. The van der Waals surface area contributed by atoms with Crippen LogP contribution in [0.1, 0.15) is 11.1 Å². The number of hydrogen-bond acceptors (Lipinski definition) is 2. The van der Waals surface area contributed by atoms with Crippen LogP contribution in [0.3, 0.4) is 0 Å². The van der Waals surface area contributed by atoms with E-state index in [0.717, 1.165) is 18.5 Å². The Morgan fingerprint density at radius 1 is 1.00 bits per heavy atom. The van der Waals surface area contributed by atoms with Crippen molar-refractivity contribution in [3.05, 3.63) is 71.9 Å². The Labute approximate surface area is 124 Å². The molecule has 21 heavy (non-hydrogen) atoms. The molecule has 0 fully saturated rings. The fourth-order valence-electron chi connectivity index (χ4n) is 2.63. The van der Waals surface area contributed by atoms with Crippen LogP contribution in [0.5, 0.6) is 0 Å². The Morgan fingerprint density at radius 3 is 2.57 bits per heavy atom. The van der Waals surface area contributed by atoms with E-state index < -0.39 is 0 Å². The van der Waals surface area contributed by atoms with Crippen LogP contribution in [-0.4, -0.2) is 22.7 Å². The van der Waals surface area contributed by atoms with E-state index in [9.17, 15) is 5.11 Å². The minimum Gasteiger partial charge on any atom is -0.395 e. The monoisotopic (exact) mass is 280 g/mol. The van der Waals surface area contributed by atoms with Crippen molar-refractivity contribution in [2.24, 2.45) is 0 Å². The molecule has 0 bridgehead atoms. The average Bonchev–Trinajstić information content (AvgIpc) is 2.96. The third-order valence-electron chi connectivity index (χ3n) is 3.80. The number of rotatable bonds is 6. The summed E-state index contributed by atoms with van der Waals surface area (Å²) in [6, 6.07) is 18.6. The van der Waals surface area contributed by atoms with Crippen molar-refractivity contribution in [2.75, 3.05) is 6.61 Å². The summed E-state index contributed by atoms with van der Waals surface area (Å²) in [4.78, 5) is 3.28. The van der Waals surface area contributed by atoms with E-state index in [0.29, 0.717) is 0 Å². The van der Waals surface area contributed by atoms with Crippen LogP contribution in [0.2, 0.25) is 0 Å². The minimum atomic E-state index is 0.0704. The Balaban J connectivity index is 1.65. The molecule has 1 atom stereocenters. The zero-order valence-corrected chi connectivity index (χ0v) is 11.9. The Kier molecular flexibility index (Phi) is 4.34. The molecule has 0 aliphatic carbocycles. The van der Waals surface area contributed by atoms with Gasteiger partial charge in [0.1, 0.15) is 0 Å². The summed E-state index contributed by atoms with van der Waals surface area (Å²) in [7, 11) is 0. The van der Waals surface area contributed by atoms with Gasteiger partial charge in [0.15, 0.2) is 0 Å². The van der Waals surface area contributed by atoms with E-state index in [1.807, 2.05) is 36.5 Å². The lowest BCUT2D eigenvalue weighted by atomic mass is 10.1. The van der Waals surface area contributed by atoms with Crippen LogP contribution >= 0.6 is 0 Å². The van der Waals surface area contributed by atoms with E-state index >= 15 is 0 Å². The van der Waals surface area contributed by atoms with Crippen molar-refractivity contribution in [1.82, 2.24) is 10.3 Å². The molecular formula is C18H20N2O. The van der Waals surface area contributed by atoms with Gasteiger partial charge in [-0.3, -0.25) is 0 Å². The third-order valence-corrected chi connectivity index (χ3v) is 3.80. The van der Waals surface area contributed by atoms with Gasteiger partial charge >= 0.3 is 0 Å². The summed E-state index contributed by atoms with van der Waals surface area (Å²) in [6.07, 6.45) is 2.87. The second-order valence-electron chi connectivity index (χ2n) is 5.31. The van der Waals surface area contributed by atoms with Crippen LogP contribution in [0, 0.1) is 0 Å². The standard InChI is InChI=1S/C18H20N2O/c21-13-16(10-14-6-2-1-3-7-14)19-11-15-12-20-18-9-5-4-8-17(15)18/h1-9,12,16,19-21H,10-11,13H2/t16-/m1/s1. The first-order valence-corrected chi connectivity index (χ1v) is 7.30. The van der Waals surface area contributed by atoms with Crippen LogP contribution in [0.25, 0.3) is 10.9 Å². The van der Waals surface area contributed by atoms with Gasteiger partial charge in [-0.05, 0) is 23.6 Å². The highest BCUT2D eigenvalue weighted by atomic mass is 16.3. The highest BCUT2D eigenvalue weighted by Gasteiger charge is 2.09. The van der Waals surface area contributed by atoms with Gasteiger partial charge in [-0.2, -0.15) is 0 Å². The number of benzene rings is 2. The van der Waals surface area contributed by atoms with Gasteiger partial charge in [-0.15, -0.1) is 0 Å². The van der Waals surface area contributed by atoms with E-state index in [-0.39, 0.29) is 12.6 Å². The van der Waals surface area contributed by atoms with E-state index in [2.05, 4.69) is 34.6 Å². The molecule has 1 aromatic heterocycles. The molecule has 3 aromatic rings. The van der Waals surface area contributed by atoms with Crippen molar-refractivity contribution in [3.63, 3.8) is 0 Å². The molecule has 0 aliphatic rings. The van der Waals surface area contributed by atoms with Gasteiger partial charge in [0, 0.05) is 29.7 Å². The molecule has 0 saturated heterocycles. The minimum absolute atomic E-state index is 0.0704. The Hall–Kier alpha value is -2.10. The molecule has 0 aliphatic heterocycles. The second kappa shape index (κ2) is 6.57. The molecule has 0 unspecified atom stereocenters. The lowest BCUT2D eigenvalue weighted by Gasteiger charge is -2.16. The number of aliphatic hydroxyl groups excluding tert-OH is 1. The second-order valence-corrected chi connectivity index (χ2v) is 5.31. The fraction of sp³-hybridized carbons (Fsp3) is 0.222. The maximum absolute atomic E-state index is 9.56. The van der Waals surface area contributed by atoms with Gasteiger partial charge in [-0.25, -0.2) is 0 Å². The Morgan fingerprint density at radius 2 is 1.76 bits per heavy atom. The van der Waals surface area contributed by atoms with Crippen molar-refractivity contribution in [1.29, 1.82) is 0 Å². The smallest absolute Gasteiger partial charge is 0.0587 e. The summed E-state index contributed by atoms with van der Waals surface area (Å²) < 4.78 is 0. The predicted molar refractivity (Wildman–Crippen MR) is 86.2 cm³/mol. The molecule has 0 radical (unpaired) electrons. The topological polar surface area (TPSA) is 48.0 Å². The molecule has 0 spiro atoms. The van der Waals surface area contributed by atoms with Crippen molar-refractivity contribution < 1.29 is 5.11 Å². The summed E-state index contributed by atoms with van der Waals surface area (Å²) >= 11 is 0. The zero-order chi connectivity index (χ0) is 14.5. The number of hydrogen-bond donors (Lipinski definition) is 3. The lowest BCUT2D eigenvalue weighted by Crippen LogP contribution is -2.33. The molecule has 2 aromatic carbocycles. The summed E-state index contributed by atoms with van der Waals surface area (Å²) in [5.41, 5.74) is 3.62. The maximum Gasteiger partial charge on any atom is 0.0587 e. The van der Waals surface area contributed by atoms with Crippen LogP contribution < -0.4 is 5.32 Å². The molecule has 3 N–H and O–H groups in total. The summed E-state index contributed by atoms with van der Waals surface area (Å²) in [5, 5.41) is 14.2. The number of nitrogens with one attached hydrogen (secondary N) is 2. The first kappa shape index (κ1) is 13.9. The van der Waals surface area contributed by atoms with Crippen LogP contribution in [-0.2, 0) is 13.0 Å². The molecular weight excluding hydrogens is 260 g/mol. The molecule has 3 heteroatoms. The van der Waals surface area contributed by atoms with Gasteiger partial charge in [0.05, 0.1) is 6.61 Å². The third kappa shape index (κ3) is 3.32. The molecule has 3 nitrogen and oxygen atoms in total. The lowest BCUT2D eigenvalue weighted by molar-refractivity contribution is 0.241. The SMILES string of the molecule is OC[C@@H](Cc1ccccc1)NCc1c[nH]c2ccccc12. The number of fused-ring (bicyclic) bond motifs is 1. The van der Waals surface area contributed by atoms with Crippen molar-refractivity contribution in [2.45, 2.75) is 19.0 Å². The first-order valence-electron chi connectivity index (χ1n) is 7.30. The Bertz CT molecular complexity index is 691. The van der Waals surface area contributed by atoms with Gasteiger partial charge in [0.2, 0.25) is 0 Å². The number of H-pyrrole nitrogens is 1. The van der Waals surface area contributed by atoms with Gasteiger partial charge in [-0.1, -0.05) is 48.5 Å². The summed E-state index contributed by atoms with van der Waals surface area (Å²) in [6.45, 7) is 0.888. The average molecular weight is 280 g/mol. The fourth-order valence-corrected chi connectivity index (χ4v) is 2.63. The van der Waals surface area contributed by atoms with Crippen LogP contribution in [0.4, 0.5) is 0 Å². The highest BCUT2D eigenvalue weighted by molar-refractivity contribution is 5.82. The quantitative estimate of drug-likeness (QED) is 0.650. The maximum atomic E-state index is 9.56. The predicted octanol–water partition coefficient (Wildman–Crippen LogP) is 2.86. The van der Waals surface area contributed by atoms with Gasteiger partial charge in [0.25, 0.3) is 0 Å².